The number of aromatic hydroxyl groups is 1. The molecule has 0 atom stereocenters. The van der Waals surface area contributed by atoms with E-state index in [1.54, 1.807) is 19.1 Å². The van der Waals surface area contributed by atoms with Crippen molar-refractivity contribution in [3.8, 4) is 34.3 Å². The highest BCUT2D eigenvalue weighted by atomic mass is 16.5. The zero-order chi connectivity index (χ0) is 18.7. The first kappa shape index (κ1) is 18.2. The molecular formula is C17H19NO7. The Hall–Kier alpha value is -3.16. The van der Waals surface area contributed by atoms with Crippen LogP contribution in [0.15, 0.2) is 16.9 Å². The van der Waals surface area contributed by atoms with Crippen LogP contribution in [0.3, 0.4) is 0 Å². The van der Waals surface area contributed by atoms with Gasteiger partial charge < -0.3 is 29.4 Å². The predicted molar refractivity (Wildman–Crippen MR) is 90.2 cm³/mol. The van der Waals surface area contributed by atoms with E-state index < -0.39 is 22.8 Å². The molecule has 8 heteroatoms. The van der Waals surface area contributed by atoms with E-state index in [4.69, 9.17) is 19.3 Å². The van der Waals surface area contributed by atoms with E-state index >= 15 is 0 Å². The molecule has 0 saturated heterocycles. The molecule has 0 saturated carbocycles. The lowest BCUT2D eigenvalue weighted by Crippen LogP contribution is -2.20. The molecule has 3 N–H and O–H groups in total. The van der Waals surface area contributed by atoms with Crippen molar-refractivity contribution in [3.05, 3.63) is 33.6 Å². The molecule has 1 aromatic heterocycles. The summed E-state index contributed by atoms with van der Waals surface area (Å²) in [7, 11) is 4.36. The molecule has 0 fully saturated rings. The molecule has 8 nitrogen and oxygen atoms in total. The summed E-state index contributed by atoms with van der Waals surface area (Å²) >= 11 is 0. The third-order valence-electron chi connectivity index (χ3n) is 3.82. The summed E-state index contributed by atoms with van der Waals surface area (Å²) in [5.74, 6) is -0.931. The number of carboxylic acid groups (broad SMARTS) is 1. The van der Waals surface area contributed by atoms with Crippen LogP contribution in [0.5, 0.6) is 23.0 Å². The second-order valence-electron chi connectivity index (χ2n) is 5.10. The Balaban J connectivity index is 2.92. The Morgan fingerprint density at radius 2 is 1.68 bits per heavy atom. The molecule has 0 unspecified atom stereocenters. The van der Waals surface area contributed by atoms with E-state index in [-0.39, 0.29) is 17.7 Å². The van der Waals surface area contributed by atoms with Gasteiger partial charge in [0.25, 0.3) is 5.56 Å². The number of pyridine rings is 1. The van der Waals surface area contributed by atoms with Gasteiger partial charge in [-0.1, -0.05) is 6.92 Å². The fourth-order valence-corrected chi connectivity index (χ4v) is 2.64. The van der Waals surface area contributed by atoms with Crippen LogP contribution in [0.1, 0.15) is 22.8 Å². The standard InChI is InChI=1S/C17H19NO7/c1-5-9-14(18-16(20)13(15(9)19)17(21)22)12-10(24-3)6-8(23-2)7-11(12)25-4/h6-7H,5H2,1-4H3,(H,21,22)(H2,18,19,20). The summed E-state index contributed by atoms with van der Waals surface area (Å²) in [5.41, 5.74) is -0.749. The normalized spacial score (nSPS) is 10.4. The number of aromatic nitrogens is 1. The van der Waals surface area contributed by atoms with Crippen molar-refractivity contribution < 1.29 is 29.2 Å². The molecule has 0 bridgehead atoms. The molecule has 0 radical (unpaired) electrons. The Morgan fingerprint density at radius 1 is 1.12 bits per heavy atom. The molecular weight excluding hydrogens is 330 g/mol. The highest BCUT2D eigenvalue weighted by molar-refractivity contribution is 5.92. The second kappa shape index (κ2) is 7.16. The van der Waals surface area contributed by atoms with Gasteiger partial charge in [0.1, 0.15) is 23.0 Å². The van der Waals surface area contributed by atoms with Crippen LogP contribution in [-0.4, -0.2) is 42.5 Å². The highest BCUT2D eigenvalue weighted by Crippen LogP contribution is 2.43. The monoisotopic (exact) mass is 349 g/mol. The van der Waals surface area contributed by atoms with Gasteiger partial charge in [0.15, 0.2) is 5.56 Å². The molecule has 25 heavy (non-hydrogen) atoms. The lowest BCUT2D eigenvalue weighted by Gasteiger charge is -2.18. The van der Waals surface area contributed by atoms with E-state index in [1.165, 1.54) is 21.3 Å². The topological polar surface area (TPSA) is 118 Å². The van der Waals surface area contributed by atoms with Crippen molar-refractivity contribution in [1.82, 2.24) is 4.98 Å². The van der Waals surface area contributed by atoms with Crippen molar-refractivity contribution in [2.75, 3.05) is 21.3 Å². The van der Waals surface area contributed by atoms with Crippen LogP contribution in [0.2, 0.25) is 0 Å². The molecule has 0 aliphatic rings. The Labute approximate surface area is 143 Å². The molecule has 1 heterocycles. The number of aromatic amines is 1. The van der Waals surface area contributed by atoms with E-state index in [0.717, 1.165) is 0 Å². The van der Waals surface area contributed by atoms with Crippen LogP contribution in [-0.2, 0) is 6.42 Å². The minimum atomic E-state index is -1.51. The Bertz CT molecular complexity index is 845. The number of nitrogens with one attached hydrogen (secondary N) is 1. The van der Waals surface area contributed by atoms with Crippen molar-refractivity contribution in [2.24, 2.45) is 0 Å². The third-order valence-corrected chi connectivity index (χ3v) is 3.82. The van der Waals surface area contributed by atoms with Gasteiger partial charge in [-0.25, -0.2) is 4.79 Å². The lowest BCUT2D eigenvalue weighted by atomic mass is 9.99. The quantitative estimate of drug-likeness (QED) is 0.730. The van der Waals surface area contributed by atoms with Crippen LogP contribution in [0, 0.1) is 0 Å². The maximum Gasteiger partial charge on any atom is 0.345 e. The molecule has 134 valence electrons. The number of hydrogen-bond donors (Lipinski definition) is 3. The number of aromatic carboxylic acids is 1. The number of methoxy groups -OCH3 is 3. The maximum atomic E-state index is 12.2. The molecule has 0 amide bonds. The number of carbonyl (C=O) groups is 1. The predicted octanol–water partition coefficient (Wildman–Crippen LogP) is 2.03. The second-order valence-corrected chi connectivity index (χ2v) is 5.10. The molecule has 1 aromatic carbocycles. The average molecular weight is 349 g/mol. The molecule has 0 aliphatic heterocycles. The first-order valence-electron chi connectivity index (χ1n) is 7.41. The van der Waals surface area contributed by atoms with Crippen molar-refractivity contribution >= 4 is 5.97 Å². The first-order chi connectivity index (χ1) is 11.9. The third kappa shape index (κ3) is 3.10. The van der Waals surface area contributed by atoms with Gasteiger partial charge in [-0.2, -0.15) is 0 Å². The Morgan fingerprint density at radius 3 is 2.08 bits per heavy atom. The van der Waals surface area contributed by atoms with Crippen LogP contribution in [0.25, 0.3) is 11.3 Å². The van der Waals surface area contributed by atoms with Gasteiger partial charge in [0.2, 0.25) is 0 Å². The fourth-order valence-electron chi connectivity index (χ4n) is 2.64. The highest BCUT2D eigenvalue weighted by Gasteiger charge is 2.25. The van der Waals surface area contributed by atoms with Gasteiger partial charge >= 0.3 is 5.97 Å². The Kier molecular flexibility index (Phi) is 5.21. The van der Waals surface area contributed by atoms with Gasteiger partial charge in [-0.05, 0) is 6.42 Å². The smallest absolute Gasteiger partial charge is 0.345 e. The van der Waals surface area contributed by atoms with E-state index in [2.05, 4.69) is 4.98 Å². The molecule has 2 aromatic rings. The van der Waals surface area contributed by atoms with Gasteiger partial charge in [0, 0.05) is 17.7 Å². The number of carboxylic acids is 1. The largest absolute Gasteiger partial charge is 0.506 e. The molecule has 2 rings (SSSR count). The summed E-state index contributed by atoms with van der Waals surface area (Å²) < 4.78 is 15.9. The number of rotatable bonds is 6. The number of H-pyrrole nitrogens is 1. The van der Waals surface area contributed by atoms with E-state index in [1.807, 2.05) is 0 Å². The first-order valence-corrected chi connectivity index (χ1v) is 7.41. The number of benzene rings is 1. The zero-order valence-corrected chi connectivity index (χ0v) is 14.3. The summed E-state index contributed by atoms with van der Waals surface area (Å²) in [5, 5.41) is 19.5. The van der Waals surface area contributed by atoms with Crippen LogP contribution < -0.4 is 19.8 Å². The molecule has 0 aliphatic carbocycles. The van der Waals surface area contributed by atoms with E-state index in [9.17, 15) is 14.7 Å². The van der Waals surface area contributed by atoms with Crippen LogP contribution in [0.4, 0.5) is 0 Å². The summed E-state index contributed by atoms with van der Waals surface area (Å²) in [6.07, 6.45) is 0.274. The van der Waals surface area contributed by atoms with Gasteiger partial charge in [0.05, 0.1) is 32.6 Å². The van der Waals surface area contributed by atoms with E-state index in [0.29, 0.717) is 22.8 Å². The number of hydrogen-bond acceptors (Lipinski definition) is 6. The van der Waals surface area contributed by atoms with Gasteiger partial charge in [-0.3, -0.25) is 4.79 Å². The SMILES string of the molecule is CCc1c(-c2c(OC)cc(OC)cc2OC)[nH]c(=O)c(C(=O)O)c1O. The summed E-state index contributed by atoms with van der Waals surface area (Å²) in [6.45, 7) is 1.73. The minimum absolute atomic E-state index is 0.228. The van der Waals surface area contributed by atoms with Crippen molar-refractivity contribution in [3.63, 3.8) is 0 Å². The molecule has 0 spiro atoms. The van der Waals surface area contributed by atoms with Crippen molar-refractivity contribution in [1.29, 1.82) is 0 Å². The summed E-state index contributed by atoms with van der Waals surface area (Å²) in [4.78, 5) is 25.9. The average Bonchev–Trinajstić information content (AvgIpc) is 2.59. The minimum Gasteiger partial charge on any atom is -0.506 e. The maximum absolute atomic E-state index is 12.2. The van der Waals surface area contributed by atoms with Gasteiger partial charge in [-0.15, -0.1) is 0 Å². The fraction of sp³-hybridized carbons (Fsp3) is 0.294. The lowest BCUT2D eigenvalue weighted by molar-refractivity contribution is 0.0691. The zero-order valence-electron chi connectivity index (χ0n) is 14.3. The van der Waals surface area contributed by atoms with Crippen LogP contribution >= 0.6 is 0 Å². The number of ether oxygens (including phenoxy) is 3. The summed E-state index contributed by atoms with van der Waals surface area (Å²) in [6, 6.07) is 3.19. The van der Waals surface area contributed by atoms with Crippen molar-refractivity contribution in [2.45, 2.75) is 13.3 Å².